The van der Waals surface area contributed by atoms with Gasteiger partial charge in [0.1, 0.15) is 13.2 Å². The number of carbonyl (C=O) groups excluding carboxylic acids is 3. The first kappa shape index (κ1) is 66.4. The van der Waals surface area contributed by atoms with Crippen molar-refractivity contribution in [3.05, 3.63) is 134 Å². The summed E-state index contributed by atoms with van der Waals surface area (Å²) in [7, 11) is 5.89. The highest BCUT2D eigenvalue weighted by Crippen LogP contribution is 2.13. The van der Waals surface area contributed by atoms with E-state index in [1.807, 2.05) is 21.1 Å². The van der Waals surface area contributed by atoms with Crippen molar-refractivity contribution in [3.63, 3.8) is 0 Å². The Morgan fingerprint density at radius 3 is 1.13 bits per heavy atom. The van der Waals surface area contributed by atoms with E-state index in [-0.39, 0.29) is 32.7 Å². The van der Waals surface area contributed by atoms with E-state index in [1.54, 1.807) is 0 Å². The van der Waals surface area contributed by atoms with Crippen molar-refractivity contribution in [3.8, 4) is 0 Å². The number of hydrogen-bond donors (Lipinski definition) is 0. The average Bonchev–Trinajstić information content (AvgIpc) is 3.34. The number of allylic oxidation sites excluding steroid dienone is 22. The highest BCUT2D eigenvalue weighted by atomic mass is 16.7. The summed E-state index contributed by atoms with van der Waals surface area (Å²) in [4.78, 5) is 37.2. The highest BCUT2D eigenvalue weighted by Gasteiger charge is 2.21. The Kier molecular flexibility index (Phi) is 48.4. The molecule has 2 atom stereocenters. The van der Waals surface area contributed by atoms with Gasteiger partial charge in [0.15, 0.2) is 12.4 Å². The Morgan fingerprint density at radius 1 is 0.423 bits per heavy atom. The molecular formula is C62H99NO8. The van der Waals surface area contributed by atoms with E-state index >= 15 is 0 Å². The molecule has 0 bridgehead atoms. The number of quaternary nitrogens is 1. The van der Waals surface area contributed by atoms with Gasteiger partial charge in [-0.3, -0.25) is 9.59 Å². The van der Waals surface area contributed by atoms with Crippen molar-refractivity contribution >= 4 is 17.9 Å². The summed E-state index contributed by atoms with van der Waals surface area (Å²) in [5.74, 6) is -2.35. The first-order valence-corrected chi connectivity index (χ1v) is 27.3. The summed E-state index contributed by atoms with van der Waals surface area (Å²) in [5.41, 5.74) is 0. The molecule has 2 unspecified atom stereocenters. The fraction of sp³-hybridized carbons (Fsp3) is 0.597. The second-order valence-electron chi connectivity index (χ2n) is 18.8. The van der Waals surface area contributed by atoms with Crippen LogP contribution in [0, 0.1) is 0 Å². The molecule has 0 amide bonds. The number of unbranched alkanes of at least 4 members (excludes halogenated alkanes) is 11. The minimum Gasteiger partial charge on any atom is -0.545 e. The Labute approximate surface area is 433 Å². The van der Waals surface area contributed by atoms with Gasteiger partial charge in [0.2, 0.25) is 0 Å². The second-order valence-corrected chi connectivity index (χ2v) is 18.8. The van der Waals surface area contributed by atoms with E-state index in [1.165, 1.54) is 19.3 Å². The maximum absolute atomic E-state index is 12.8. The van der Waals surface area contributed by atoms with Crippen molar-refractivity contribution in [2.24, 2.45) is 0 Å². The van der Waals surface area contributed by atoms with Crippen LogP contribution in [0.25, 0.3) is 0 Å². The van der Waals surface area contributed by atoms with E-state index in [0.29, 0.717) is 23.9 Å². The van der Waals surface area contributed by atoms with Gasteiger partial charge in [-0.1, -0.05) is 192 Å². The van der Waals surface area contributed by atoms with Crippen LogP contribution in [0.5, 0.6) is 0 Å². The van der Waals surface area contributed by atoms with E-state index < -0.39 is 30.3 Å². The Hall–Kier alpha value is -4.57. The van der Waals surface area contributed by atoms with Crippen LogP contribution >= 0.6 is 0 Å². The van der Waals surface area contributed by atoms with Crippen LogP contribution in [-0.4, -0.2) is 82.3 Å². The molecule has 0 saturated carbocycles. The fourth-order valence-corrected chi connectivity index (χ4v) is 6.74. The standard InChI is InChI=1S/C62H99NO8/c1-6-8-10-12-14-16-18-20-22-24-25-26-27-28-29-30-31-32-33-34-35-37-39-41-43-45-47-49-51-53-60(65)71-58(57-70-62(61(66)67)68-55-54-63(3,4)5)56-69-59(64)52-50-48-46-44-42-40-38-36-23-21-19-17-15-13-11-9-7-2/h8-11,14-17,20-23,25-26,28-29,31-32,34-35,38,40,58,62H,6-7,12-13,18-19,24,27,30,33,36-37,39,41-57H2,1-5H3/b10-8-,11-9-,16-14-,17-15-,22-20-,23-21-,26-25-,29-28-,32-31-,35-34-,40-38-. The minimum atomic E-state index is -1.64. The number of hydrogen-bond acceptors (Lipinski definition) is 8. The van der Waals surface area contributed by atoms with Gasteiger partial charge >= 0.3 is 11.9 Å². The minimum absolute atomic E-state index is 0.133. The molecule has 0 N–H and O–H groups in total. The first-order valence-electron chi connectivity index (χ1n) is 27.3. The van der Waals surface area contributed by atoms with Crippen LogP contribution in [-0.2, 0) is 33.3 Å². The number of likely N-dealkylation sites (N-methyl/N-ethyl adjacent to an activating group) is 1. The molecule has 9 heteroatoms. The summed E-state index contributed by atoms with van der Waals surface area (Å²) in [6.07, 6.45) is 70.6. The molecule has 71 heavy (non-hydrogen) atoms. The average molecular weight is 986 g/mol. The number of aliphatic carboxylic acids is 1. The van der Waals surface area contributed by atoms with Crippen LogP contribution in [0.3, 0.4) is 0 Å². The molecule has 0 radical (unpaired) electrons. The number of rotatable bonds is 48. The predicted octanol–water partition coefficient (Wildman–Crippen LogP) is 14.6. The lowest BCUT2D eigenvalue weighted by molar-refractivity contribution is -0.870. The molecule has 0 aromatic carbocycles. The van der Waals surface area contributed by atoms with Gasteiger partial charge in [0, 0.05) is 12.8 Å². The van der Waals surface area contributed by atoms with Crippen LogP contribution in [0.2, 0.25) is 0 Å². The fourth-order valence-electron chi connectivity index (χ4n) is 6.74. The number of carboxylic acids is 1. The Morgan fingerprint density at radius 2 is 0.761 bits per heavy atom. The van der Waals surface area contributed by atoms with Crippen LogP contribution < -0.4 is 5.11 Å². The monoisotopic (exact) mass is 986 g/mol. The zero-order chi connectivity index (χ0) is 52.0. The smallest absolute Gasteiger partial charge is 0.306 e. The molecule has 9 nitrogen and oxygen atoms in total. The van der Waals surface area contributed by atoms with E-state index in [9.17, 15) is 19.5 Å². The third kappa shape index (κ3) is 53.1. The van der Waals surface area contributed by atoms with Gasteiger partial charge in [-0.05, 0) is 109 Å². The molecule has 0 spiro atoms. The summed E-state index contributed by atoms with van der Waals surface area (Å²) >= 11 is 0. The lowest BCUT2D eigenvalue weighted by Crippen LogP contribution is -2.44. The SMILES string of the molecule is CC/C=C\C/C=C\C/C=C\C/C=C\C/C=C\C/C=C\C/C=C\CCCCCCCCCC(=O)OC(COC(=O)CCCCCC/C=C\C/C=C\C/C=C\C/C=C\CC)COC(OCC[N+](C)(C)C)C(=O)[O-]. The van der Waals surface area contributed by atoms with Crippen LogP contribution in [0.1, 0.15) is 181 Å². The quantitative estimate of drug-likeness (QED) is 0.0195. The maximum Gasteiger partial charge on any atom is 0.306 e. The molecule has 0 saturated heterocycles. The van der Waals surface area contributed by atoms with Crippen molar-refractivity contribution in [1.82, 2.24) is 0 Å². The molecule has 0 aliphatic rings. The summed E-state index contributed by atoms with van der Waals surface area (Å²) < 4.78 is 22.6. The van der Waals surface area contributed by atoms with Crippen molar-refractivity contribution in [2.75, 3.05) is 47.5 Å². The third-order valence-electron chi connectivity index (χ3n) is 10.9. The van der Waals surface area contributed by atoms with Crippen molar-refractivity contribution < 1.29 is 42.9 Å². The predicted molar refractivity (Wildman–Crippen MR) is 296 cm³/mol. The number of esters is 2. The largest absolute Gasteiger partial charge is 0.545 e. The van der Waals surface area contributed by atoms with E-state index in [2.05, 4.69) is 148 Å². The van der Waals surface area contributed by atoms with Gasteiger partial charge in [0.25, 0.3) is 0 Å². The Balaban J connectivity index is 4.37. The maximum atomic E-state index is 12.8. The summed E-state index contributed by atoms with van der Waals surface area (Å²) in [6.45, 7) is 4.44. The molecule has 0 rings (SSSR count). The lowest BCUT2D eigenvalue weighted by Gasteiger charge is -2.26. The summed E-state index contributed by atoms with van der Waals surface area (Å²) in [6, 6.07) is 0. The molecule has 0 aliphatic carbocycles. The van der Waals surface area contributed by atoms with Gasteiger partial charge < -0.3 is 33.3 Å². The second kappa shape index (κ2) is 51.8. The lowest BCUT2D eigenvalue weighted by atomic mass is 10.1. The zero-order valence-corrected chi connectivity index (χ0v) is 45.3. The van der Waals surface area contributed by atoms with Crippen molar-refractivity contribution in [2.45, 2.75) is 193 Å². The highest BCUT2D eigenvalue weighted by molar-refractivity contribution is 5.70. The van der Waals surface area contributed by atoms with Gasteiger partial charge in [-0.15, -0.1) is 0 Å². The number of nitrogens with zero attached hydrogens (tertiary/aromatic N) is 1. The number of ether oxygens (including phenoxy) is 4. The topological polar surface area (TPSA) is 111 Å². The molecular weight excluding hydrogens is 887 g/mol. The summed E-state index contributed by atoms with van der Waals surface area (Å²) in [5, 5.41) is 11.8. The number of carbonyl (C=O) groups is 3. The van der Waals surface area contributed by atoms with Gasteiger partial charge in [0.05, 0.1) is 40.3 Å². The molecule has 0 aliphatic heterocycles. The number of carboxylic acid groups (broad SMARTS) is 1. The third-order valence-corrected chi connectivity index (χ3v) is 10.9. The molecule has 0 aromatic heterocycles. The van der Waals surface area contributed by atoms with E-state index in [0.717, 1.165) is 122 Å². The first-order chi connectivity index (χ1) is 34.6. The molecule has 400 valence electrons. The Bertz CT molecular complexity index is 1620. The molecule has 0 fully saturated rings. The molecule has 0 aromatic rings. The zero-order valence-electron chi connectivity index (χ0n) is 45.3. The molecule has 0 heterocycles. The van der Waals surface area contributed by atoms with Gasteiger partial charge in [-0.25, -0.2) is 0 Å². The van der Waals surface area contributed by atoms with Crippen LogP contribution in [0.4, 0.5) is 0 Å². The van der Waals surface area contributed by atoms with Crippen LogP contribution in [0.15, 0.2) is 134 Å². The van der Waals surface area contributed by atoms with E-state index in [4.69, 9.17) is 18.9 Å². The van der Waals surface area contributed by atoms with Crippen molar-refractivity contribution in [1.29, 1.82) is 0 Å². The van der Waals surface area contributed by atoms with Gasteiger partial charge in [-0.2, -0.15) is 0 Å². The normalized spacial score (nSPS) is 13.9.